The fourth-order valence-corrected chi connectivity index (χ4v) is 8.85. The number of fused-ring (bicyclic) bond motifs is 14. The lowest BCUT2D eigenvalue weighted by Gasteiger charge is -2.13. The predicted octanol–water partition coefficient (Wildman–Crippen LogP) is 11.8. The van der Waals surface area contributed by atoms with Gasteiger partial charge < -0.3 is 4.42 Å². The highest BCUT2D eigenvalue weighted by Crippen LogP contribution is 2.46. The van der Waals surface area contributed by atoms with Crippen LogP contribution < -0.4 is 0 Å². The first-order valence-electron chi connectivity index (χ1n) is 15.8. The van der Waals surface area contributed by atoms with Gasteiger partial charge in [-0.05, 0) is 24.3 Å². The average molecular weight is 618 g/mol. The molecule has 0 aliphatic heterocycles. The number of benzene rings is 7. The van der Waals surface area contributed by atoms with Crippen molar-refractivity contribution in [2.24, 2.45) is 0 Å². The van der Waals surface area contributed by atoms with Gasteiger partial charge in [0.1, 0.15) is 11.2 Å². The number of nitrogens with zero attached hydrogens (tertiary/aromatic N) is 3. The molecule has 47 heavy (non-hydrogen) atoms. The Labute approximate surface area is 271 Å². The minimum atomic E-state index is 0.653. The number of para-hydroxylation sites is 3. The molecular weight excluding hydrogens is 595 g/mol. The second-order valence-electron chi connectivity index (χ2n) is 12.1. The summed E-state index contributed by atoms with van der Waals surface area (Å²) in [5.74, 6) is 0.653. The van der Waals surface area contributed by atoms with Crippen molar-refractivity contribution in [1.29, 1.82) is 0 Å². The maximum Gasteiger partial charge on any atom is 0.235 e. The standard InChI is InChI=1S/C42H23N3OS/c1-2-14-26-25(13-1)39-36(37-30-17-5-9-22-34(30)46-40(26)37)29-16-4-8-21-33(29)45(39)42-43-32-20-7-3-15-28(32)38(44-42)31-19-11-18-27-24-12-6-10-23-35(24)47-41(27)31/h1-23H. The van der Waals surface area contributed by atoms with Gasteiger partial charge in [-0.15, -0.1) is 11.3 Å². The zero-order valence-corrected chi connectivity index (χ0v) is 25.8. The third-order valence-corrected chi connectivity index (χ3v) is 10.8. The second-order valence-corrected chi connectivity index (χ2v) is 13.1. The van der Waals surface area contributed by atoms with E-state index in [1.54, 1.807) is 0 Å². The molecule has 0 amide bonds. The van der Waals surface area contributed by atoms with Gasteiger partial charge in [-0.1, -0.05) is 115 Å². The van der Waals surface area contributed by atoms with Crippen LogP contribution >= 0.6 is 11.3 Å². The van der Waals surface area contributed by atoms with E-state index in [2.05, 4.69) is 138 Å². The minimum Gasteiger partial charge on any atom is -0.455 e. The van der Waals surface area contributed by atoms with Gasteiger partial charge in [0.15, 0.2) is 0 Å². The molecule has 0 atom stereocenters. The van der Waals surface area contributed by atoms with E-state index in [1.807, 2.05) is 17.4 Å². The van der Waals surface area contributed by atoms with Crippen LogP contribution in [0.15, 0.2) is 144 Å². The Kier molecular flexibility index (Phi) is 4.96. The van der Waals surface area contributed by atoms with E-state index in [-0.39, 0.29) is 0 Å². The highest BCUT2D eigenvalue weighted by molar-refractivity contribution is 7.26. The molecule has 0 unspecified atom stereocenters. The van der Waals surface area contributed by atoms with Crippen molar-refractivity contribution in [2.45, 2.75) is 0 Å². The molecule has 0 radical (unpaired) electrons. The molecule has 11 rings (SSSR count). The normalized spacial score (nSPS) is 12.3. The van der Waals surface area contributed by atoms with Gasteiger partial charge in [-0.3, -0.25) is 4.57 Å². The van der Waals surface area contributed by atoms with Gasteiger partial charge in [-0.25, -0.2) is 9.97 Å². The van der Waals surface area contributed by atoms with Crippen LogP contribution in [0.4, 0.5) is 0 Å². The molecule has 0 fully saturated rings. The topological polar surface area (TPSA) is 43.9 Å². The molecule has 0 saturated heterocycles. The van der Waals surface area contributed by atoms with Crippen LogP contribution in [0.5, 0.6) is 0 Å². The molecule has 218 valence electrons. The number of rotatable bonds is 2. The minimum absolute atomic E-state index is 0.653. The van der Waals surface area contributed by atoms with Crippen molar-refractivity contribution in [1.82, 2.24) is 14.5 Å². The van der Waals surface area contributed by atoms with E-state index in [1.165, 1.54) is 20.2 Å². The molecule has 0 saturated carbocycles. The van der Waals surface area contributed by atoms with E-state index in [4.69, 9.17) is 14.4 Å². The summed E-state index contributed by atoms with van der Waals surface area (Å²) in [5, 5.41) is 10.3. The zero-order valence-electron chi connectivity index (χ0n) is 24.9. The zero-order chi connectivity index (χ0) is 30.6. The van der Waals surface area contributed by atoms with Gasteiger partial charge in [0, 0.05) is 63.4 Å². The summed E-state index contributed by atoms with van der Waals surface area (Å²) in [6.07, 6.45) is 0. The third kappa shape index (κ3) is 3.36. The van der Waals surface area contributed by atoms with Crippen molar-refractivity contribution in [2.75, 3.05) is 0 Å². The lowest BCUT2D eigenvalue weighted by Crippen LogP contribution is -2.03. The number of hydrogen-bond acceptors (Lipinski definition) is 4. The van der Waals surface area contributed by atoms with Crippen LogP contribution in [0.2, 0.25) is 0 Å². The summed E-state index contributed by atoms with van der Waals surface area (Å²) in [4.78, 5) is 10.8. The van der Waals surface area contributed by atoms with Gasteiger partial charge in [0.25, 0.3) is 0 Å². The van der Waals surface area contributed by atoms with Crippen molar-refractivity contribution < 1.29 is 4.42 Å². The van der Waals surface area contributed by atoms with Gasteiger partial charge in [0.2, 0.25) is 5.95 Å². The molecule has 7 aromatic carbocycles. The SMILES string of the molecule is c1ccc2c(-c3cccc4c3sc3ccccc34)nc(-n3c4ccccc4c4c5c6ccccc6oc5c5ccccc5c43)nc2c1. The van der Waals surface area contributed by atoms with E-state index in [0.29, 0.717) is 5.95 Å². The van der Waals surface area contributed by atoms with Crippen LogP contribution in [0.25, 0.3) is 103 Å². The van der Waals surface area contributed by atoms with Gasteiger partial charge in [0.05, 0.1) is 22.2 Å². The summed E-state index contributed by atoms with van der Waals surface area (Å²) in [6, 6.07) is 49.1. The molecule has 0 aliphatic carbocycles. The Hall–Kier alpha value is -6.04. The quantitative estimate of drug-likeness (QED) is 0.194. The molecule has 0 aliphatic rings. The summed E-state index contributed by atoms with van der Waals surface area (Å²) in [5.41, 5.74) is 6.92. The lowest BCUT2D eigenvalue weighted by molar-refractivity contribution is 0.673. The van der Waals surface area contributed by atoms with Crippen molar-refractivity contribution in [3.63, 3.8) is 0 Å². The molecular formula is C42H23N3OS. The Morgan fingerprint density at radius 3 is 2.09 bits per heavy atom. The molecule has 4 heterocycles. The summed E-state index contributed by atoms with van der Waals surface area (Å²) in [7, 11) is 0. The summed E-state index contributed by atoms with van der Waals surface area (Å²) >= 11 is 1.83. The van der Waals surface area contributed by atoms with Crippen LogP contribution in [-0.4, -0.2) is 14.5 Å². The second kappa shape index (κ2) is 9.25. The largest absolute Gasteiger partial charge is 0.455 e. The third-order valence-electron chi connectivity index (χ3n) is 9.60. The summed E-state index contributed by atoms with van der Waals surface area (Å²) in [6.45, 7) is 0. The monoisotopic (exact) mass is 617 g/mol. The highest BCUT2D eigenvalue weighted by Gasteiger charge is 2.24. The van der Waals surface area contributed by atoms with Crippen molar-refractivity contribution in [3.05, 3.63) is 140 Å². The van der Waals surface area contributed by atoms with E-state index >= 15 is 0 Å². The highest BCUT2D eigenvalue weighted by atomic mass is 32.1. The number of aromatic nitrogens is 3. The number of hydrogen-bond donors (Lipinski definition) is 0. The molecule has 4 aromatic heterocycles. The van der Waals surface area contributed by atoms with Crippen LogP contribution in [0.1, 0.15) is 0 Å². The van der Waals surface area contributed by atoms with Crippen LogP contribution in [0, 0.1) is 0 Å². The molecule has 5 heteroatoms. The smallest absolute Gasteiger partial charge is 0.235 e. The Balaban J connectivity index is 1.33. The molecule has 0 bridgehead atoms. The Bertz CT molecular complexity index is 3090. The first-order valence-corrected chi connectivity index (χ1v) is 16.6. The van der Waals surface area contributed by atoms with Crippen molar-refractivity contribution >= 4 is 96.9 Å². The van der Waals surface area contributed by atoms with E-state index < -0.39 is 0 Å². The Morgan fingerprint density at radius 2 is 1.19 bits per heavy atom. The van der Waals surface area contributed by atoms with Crippen LogP contribution in [-0.2, 0) is 0 Å². The fourth-order valence-electron chi connectivity index (χ4n) is 7.63. The fraction of sp³-hybridized carbons (Fsp3) is 0. The lowest BCUT2D eigenvalue weighted by atomic mass is 9.99. The van der Waals surface area contributed by atoms with E-state index in [0.717, 1.165) is 76.7 Å². The first-order chi connectivity index (χ1) is 23.3. The van der Waals surface area contributed by atoms with Crippen molar-refractivity contribution in [3.8, 4) is 17.2 Å². The maximum absolute atomic E-state index is 6.60. The molecule has 4 nitrogen and oxygen atoms in total. The van der Waals surface area contributed by atoms with Gasteiger partial charge >= 0.3 is 0 Å². The molecule has 0 N–H and O–H groups in total. The van der Waals surface area contributed by atoms with E-state index in [9.17, 15) is 0 Å². The Morgan fingerprint density at radius 1 is 0.511 bits per heavy atom. The van der Waals surface area contributed by atoms with Gasteiger partial charge in [-0.2, -0.15) is 0 Å². The van der Waals surface area contributed by atoms with Crippen LogP contribution in [0.3, 0.4) is 0 Å². The first kappa shape index (κ1) is 25.2. The maximum atomic E-state index is 6.60. The predicted molar refractivity (Wildman–Crippen MR) is 197 cm³/mol. The average Bonchev–Trinajstić information content (AvgIpc) is 3.81. The number of furan rings is 1. The molecule has 11 aromatic rings. The number of thiophene rings is 1. The summed E-state index contributed by atoms with van der Waals surface area (Å²) < 4.78 is 11.4. The molecule has 0 spiro atoms.